The SMILES string of the molecule is Cc1ccc(-c2nnnn2-c2ccc(C)c(Br)c2)cc1N. The number of nitrogen functional groups attached to an aromatic ring is 1. The summed E-state index contributed by atoms with van der Waals surface area (Å²) in [5.74, 6) is 0.664. The number of rotatable bonds is 2. The molecule has 0 amide bonds. The zero-order valence-electron chi connectivity index (χ0n) is 11.7. The van der Waals surface area contributed by atoms with Crippen molar-refractivity contribution in [2.45, 2.75) is 13.8 Å². The van der Waals surface area contributed by atoms with E-state index in [2.05, 4.69) is 31.5 Å². The Balaban J connectivity index is 2.12. The monoisotopic (exact) mass is 343 g/mol. The number of tetrazole rings is 1. The van der Waals surface area contributed by atoms with Gasteiger partial charge >= 0.3 is 0 Å². The van der Waals surface area contributed by atoms with Crippen molar-refractivity contribution in [1.29, 1.82) is 0 Å². The molecule has 0 aliphatic heterocycles. The fourth-order valence-electron chi connectivity index (χ4n) is 2.03. The third-order valence-electron chi connectivity index (χ3n) is 3.41. The number of aryl methyl sites for hydroxylation is 2. The molecule has 0 saturated heterocycles. The van der Waals surface area contributed by atoms with Crippen LogP contribution in [0.3, 0.4) is 0 Å². The lowest BCUT2D eigenvalue weighted by Gasteiger charge is -2.08. The number of anilines is 1. The minimum absolute atomic E-state index is 0.664. The molecular formula is C15H14BrN5. The highest BCUT2D eigenvalue weighted by atomic mass is 79.9. The van der Waals surface area contributed by atoms with Gasteiger partial charge in [0.25, 0.3) is 0 Å². The first-order valence-electron chi connectivity index (χ1n) is 6.47. The molecule has 5 nitrogen and oxygen atoms in total. The summed E-state index contributed by atoms with van der Waals surface area (Å²) in [4.78, 5) is 0. The summed E-state index contributed by atoms with van der Waals surface area (Å²) in [5.41, 5.74) is 10.7. The first kappa shape index (κ1) is 13.8. The van der Waals surface area contributed by atoms with Gasteiger partial charge in [-0.15, -0.1) is 5.10 Å². The Labute approximate surface area is 130 Å². The second-order valence-corrected chi connectivity index (χ2v) is 5.77. The standard InChI is InChI=1S/C15H14BrN5/c1-9-4-6-12(8-13(9)16)21-15(18-19-20-21)11-5-3-10(2)14(17)7-11/h3-8H,17H2,1-2H3. The van der Waals surface area contributed by atoms with Crippen LogP contribution in [0.2, 0.25) is 0 Å². The number of hydrogen-bond donors (Lipinski definition) is 1. The Morgan fingerprint density at radius 3 is 2.52 bits per heavy atom. The molecule has 3 rings (SSSR count). The van der Waals surface area contributed by atoms with Crippen molar-refractivity contribution >= 4 is 21.6 Å². The molecule has 0 fully saturated rings. The van der Waals surface area contributed by atoms with Crippen LogP contribution in [0.1, 0.15) is 11.1 Å². The summed E-state index contributed by atoms with van der Waals surface area (Å²) >= 11 is 3.53. The van der Waals surface area contributed by atoms with Crippen LogP contribution in [-0.4, -0.2) is 20.2 Å². The van der Waals surface area contributed by atoms with Gasteiger partial charge in [-0.3, -0.25) is 0 Å². The summed E-state index contributed by atoms with van der Waals surface area (Å²) in [6.07, 6.45) is 0. The van der Waals surface area contributed by atoms with E-state index in [-0.39, 0.29) is 0 Å². The van der Waals surface area contributed by atoms with E-state index in [1.165, 1.54) is 0 Å². The second-order valence-electron chi connectivity index (χ2n) is 4.92. The summed E-state index contributed by atoms with van der Waals surface area (Å²) in [6, 6.07) is 11.8. The van der Waals surface area contributed by atoms with Crippen molar-refractivity contribution in [3.05, 3.63) is 52.0 Å². The number of hydrogen-bond acceptors (Lipinski definition) is 4. The molecule has 106 valence electrons. The molecule has 6 heteroatoms. The minimum Gasteiger partial charge on any atom is -0.398 e. The Morgan fingerprint density at radius 2 is 1.81 bits per heavy atom. The van der Waals surface area contributed by atoms with Crippen molar-refractivity contribution in [2.75, 3.05) is 5.73 Å². The van der Waals surface area contributed by atoms with Crippen molar-refractivity contribution in [1.82, 2.24) is 20.2 Å². The van der Waals surface area contributed by atoms with E-state index in [0.717, 1.165) is 32.5 Å². The lowest BCUT2D eigenvalue weighted by atomic mass is 10.1. The Hall–Kier alpha value is -2.21. The van der Waals surface area contributed by atoms with Gasteiger partial charge < -0.3 is 5.73 Å². The molecular weight excluding hydrogens is 330 g/mol. The fraction of sp³-hybridized carbons (Fsp3) is 0.133. The first-order valence-corrected chi connectivity index (χ1v) is 7.27. The van der Waals surface area contributed by atoms with Gasteiger partial charge in [-0.05, 0) is 53.6 Å². The molecule has 21 heavy (non-hydrogen) atoms. The molecule has 0 bridgehead atoms. The molecule has 0 unspecified atom stereocenters. The van der Waals surface area contributed by atoms with E-state index < -0.39 is 0 Å². The molecule has 2 aromatic carbocycles. The molecule has 0 radical (unpaired) electrons. The van der Waals surface area contributed by atoms with E-state index in [1.54, 1.807) is 4.68 Å². The normalized spacial score (nSPS) is 10.8. The molecule has 0 aliphatic carbocycles. The largest absolute Gasteiger partial charge is 0.398 e. The average molecular weight is 344 g/mol. The Morgan fingerprint density at radius 1 is 1.05 bits per heavy atom. The van der Waals surface area contributed by atoms with Gasteiger partial charge in [0.1, 0.15) is 0 Å². The first-order chi connectivity index (χ1) is 10.1. The molecule has 0 atom stereocenters. The van der Waals surface area contributed by atoms with E-state index in [0.29, 0.717) is 5.82 Å². The number of nitrogens with two attached hydrogens (primary N) is 1. The highest BCUT2D eigenvalue weighted by Crippen LogP contribution is 2.25. The van der Waals surface area contributed by atoms with Gasteiger partial charge in [-0.2, -0.15) is 4.68 Å². The maximum Gasteiger partial charge on any atom is 0.187 e. The summed E-state index contributed by atoms with van der Waals surface area (Å²) in [7, 11) is 0. The molecule has 2 N–H and O–H groups in total. The highest BCUT2D eigenvalue weighted by molar-refractivity contribution is 9.10. The van der Waals surface area contributed by atoms with Gasteiger partial charge in [-0.25, -0.2) is 0 Å². The summed E-state index contributed by atoms with van der Waals surface area (Å²) in [6.45, 7) is 4.01. The molecule has 0 spiro atoms. The van der Waals surface area contributed by atoms with Crippen LogP contribution in [0.15, 0.2) is 40.9 Å². The predicted molar refractivity (Wildman–Crippen MR) is 86.2 cm³/mol. The zero-order chi connectivity index (χ0) is 15.0. The van der Waals surface area contributed by atoms with Crippen LogP contribution in [0, 0.1) is 13.8 Å². The van der Waals surface area contributed by atoms with E-state index >= 15 is 0 Å². The fourth-order valence-corrected chi connectivity index (χ4v) is 2.40. The van der Waals surface area contributed by atoms with E-state index in [9.17, 15) is 0 Å². The molecule has 0 saturated carbocycles. The predicted octanol–water partition coefficient (Wildman–Crippen LogP) is 3.29. The van der Waals surface area contributed by atoms with Gasteiger partial charge in [0.15, 0.2) is 5.82 Å². The van der Waals surface area contributed by atoms with Gasteiger partial charge in [0.05, 0.1) is 5.69 Å². The van der Waals surface area contributed by atoms with Crippen molar-refractivity contribution in [2.24, 2.45) is 0 Å². The number of benzene rings is 2. The third kappa shape index (κ3) is 2.54. The highest BCUT2D eigenvalue weighted by Gasteiger charge is 2.12. The van der Waals surface area contributed by atoms with E-state index in [4.69, 9.17) is 5.73 Å². The molecule has 1 heterocycles. The van der Waals surface area contributed by atoms with Crippen LogP contribution in [0.4, 0.5) is 5.69 Å². The number of aromatic nitrogens is 4. The van der Waals surface area contributed by atoms with Gasteiger partial charge in [-0.1, -0.05) is 34.1 Å². The second kappa shape index (κ2) is 5.29. The van der Waals surface area contributed by atoms with Crippen molar-refractivity contribution in [3.63, 3.8) is 0 Å². The van der Waals surface area contributed by atoms with Crippen molar-refractivity contribution < 1.29 is 0 Å². The maximum atomic E-state index is 5.97. The number of nitrogens with zero attached hydrogens (tertiary/aromatic N) is 4. The molecule has 3 aromatic rings. The Kier molecular flexibility index (Phi) is 3.47. The quantitative estimate of drug-likeness (QED) is 0.725. The van der Waals surface area contributed by atoms with Crippen LogP contribution < -0.4 is 5.73 Å². The summed E-state index contributed by atoms with van der Waals surface area (Å²) < 4.78 is 2.72. The Bertz CT molecular complexity index is 744. The van der Waals surface area contributed by atoms with Crippen LogP contribution in [0.25, 0.3) is 17.1 Å². The van der Waals surface area contributed by atoms with Crippen LogP contribution in [-0.2, 0) is 0 Å². The zero-order valence-corrected chi connectivity index (χ0v) is 13.3. The third-order valence-corrected chi connectivity index (χ3v) is 4.26. The lowest BCUT2D eigenvalue weighted by Crippen LogP contribution is -2.01. The van der Waals surface area contributed by atoms with Gasteiger partial charge in [0.2, 0.25) is 0 Å². The number of halogens is 1. The van der Waals surface area contributed by atoms with Crippen LogP contribution >= 0.6 is 15.9 Å². The lowest BCUT2D eigenvalue weighted by molar-refractivity contribution is 0.790. The van der Waals surface area contributed by atoms with Crippen LogP contribution in [0.5, 0.6) is 0 Å². The van der Waals surface area contributed by atoms with E-state index in [1.807, 2.05) is 50.2 Å². The molecule has 0 aliphatic rings. The minimum atomic E-state index is 0.664. The topological polar surface area (TPSA) is 69.6 Å². The van der Waals surface area contributed by atoms with Gasteiger partial charge in [0, 0.05) is 15.7 Å². The maximum absolute atomic E-state index is 5.97. The molecule has 1 aromatic heterocycles. The smallest absolute Gasteiger partial charge is 0.187 e. The summed E-state index contributed by atoms with van der Waals surface area (Å²) in [5, 5.41) is 12.0. The van der Waals surface area contributed by atoms with Crippen molar-refractivity contribution in [3.8, 4) is 17.1 Å². The average Bonchev–Trinajstić information content (AvgIpc) is 2.94.